The van der Waals surface area contributed by atoms with Gasteiger partial charge in [-0.25, -0.2) is 9.78 Å². The second-order valence-electron chi connectivity index (χ2n) is 12.2. The van der Waals surface area contributed by atoms with Crippen molar-refractivity contribution in [3.8, 4) is 16.9 Å². The molecule has 0 unspecified atom stereocenters. The third-order valence-electron chi connectivity index (χ3n) is 8.11. The molecular formula is C38H43N5O4. The molecule has 0 saturated carbocycles. The SMILES string of the molecule is CC(C)c1cccc(C(C)C)c1NC(=O)Nc1c(-c2cccc(OCCCc3ccccn3)c2)c2cccnc2n(CCCO)c1=O. The van der Waals surface area contributed by atoms with Crippen molar-refractivity contribution in [3.63, 3.8) is 0 Å². The molecular weight excluding hydrogens is 590 g/mol. The summed E-state index contributed by atoms with van der Waals surface area (Å²) in [5.41, 5.74) is 5.24. The van der Waals surface area contributed by atoms with E-state index in [-0.39, 0.29) is 30.7 Å². The number of amides is 2. The summed E-state index contributed by atoms with van der Waals surface area (Å²) in [4.78, 5) is 37.0. The number of aryl methyl sites for hydroxylation is 2. The summed E-state index contributed by atoms with van der Waals surface area (Å²) < 4.78 is 7.64. The number of aliphatic hydroxyl groups excluding tert-OH is 1. The van der Waals surface area contributed by atoms with Crippen molar-refractivity contribution in [1.29, 1.82) is 0 Å². The van der Waals surface area contributed by atoms with Crippen LogP contribution in [-0.2, 0) is 13.0 Å². The molecule has 5 aromatic rings. The number of nitrogens with zero attached hydrogens (tertiary/aromatic N) is 3. The van der Waals surface area contributed by atoms with Crippen LogP contribution in [0.4, 0.5) is 16.2 Å². The Morgan fingerprint density at radius 1 is 0.851 bits per heavy atom. The summed E-state index contributed by atoms with van der Waals surface area (Å²) >= 11 is 0. The molecule has 0 fully saturated rings. The van der Waals surface area contributed by atoms with Gasteiger partial charge in [-0.15, -0.1) is 0 Å². The largest absolute Gasteiger partial charge is 0.494 e. The first kappa shape index (κ1) is 33.3. The van der Waals surface area contributed by atoms with E-state index in [2.05, 4.69) is 48.3 Å². The number of fused-ring (bicyclic) bond motifs is 1. The van der Waals surface area contributed by atoms with E-state index in [4.69, 9.17) is 4.74 Å². The number of carbonyl (C=O) groups excluding carboxylic acids is 1. The quantitative estimate of drug-likeness (QED) is 0.114. The van der Waals surface area contributed by atoms with Gasteiger partial charge in [-0.05, 0) is 84.2 Å². The van der Waals surface area contributed by atoms with Gasteiger partial charge in [-0.2, -0.15) is 0 Å². The first-order valence-corrected chi connectivity index (χ1v) is 16.2. The molecule has 5 rings (SSSR count). The number of pyridine rings is 3. The lowest BCUT2D eigenvalue weighted by molar-refractivity contribution is 0.262. The lowest BCUT2D eigenvalue weighted by Gasteiger charge is -2.22. The van der Waals surface area contributed by atoms with Gasteiger partial charge in [0.15, 0.2) is 0 Å². The number of benzene rings is 2. The van der Waals surface area contributed by atoms with Crippen molar-refractivity contribution in [3.05, 3.63) is 112 Å². The van der Waals surface area contributed by atoms with Gasteiger partial charge in [0.1, 0.15) is 17.1 Å². The maximum absolute atomic E-state index is 14.2. The second-order valence-corrected chi connectivity index (χ2v) is 12.2. The van der Waals surface area contributed by atoms with Crippen molar-refractivity contribution >= 4 is 28.4 Å². The number of rotatable bonds is 13. The van der Waals surface area contributed by atoms with Crippen LogP contribution in [0.25, 0.3) is 22.2 Å². The van der Waals surface area contributed by atoms with Crippen LogP contribution >= 0.6 is 0 Å². The van der Waals surface area contributed by atoms with E-state index < -0.39 is 11.6 Å². The monoisotopic (exact) mass is 633 g/mol. The Hall–Kier alpha value is -5.02. The number of hydrogen-bond acceptors (Lipinski definition) is 6. The molecule has 2 amide bonds. The predicted octanol–water partition coefficient (Wildman–Crippen LogP) is 7.74. The molecule has 2 aromatic carbocycles. The summed E-state index contributed by atoms with van der Waals surface area (Å²) in [6.45, 7) is 9.00. The molecule has 0 aliphatic rings. The molecule has 0 spiro atoms. The van der Waals surface area contributed by atoms with Crippen LogP contribution < -0.4 is 20.9 Å². The Labute approximate surface area is 275 Å². The Balaban J connectivity index is 1.53. The maximum atomic E-state index is 14.2. The van der Waals surface area contributed by atoms with Gasteiger partial charge in [-0.1, -0.05) is 64.1 Å². The molecule has 0 atom stereocenters. The number of aliphatic hydroxyl groups is 1. The Morgan fingerprint density at radius 2 is 1.57 bits per heavy atom. The highest BCUT2D eigenvalue weighted by atomic mass is 16.5. The summed E-state index contributed by atoms with van der Waals surface area (Å²) in [7, 11) is 0. The number of anilines is 2. The van der Waals surface area contributed by atoms with E-state index in [0.717, 1.165) is 35.3 Å². The topological polar surface area (TPSA) is 118 Å². The number of urea groups is 1. The Morgan fingerprint density at radius 3 is 2.28 bits per heavy atom. The van der Waals surface area contributed by atoms with Crippen LogP contribution in [0.15, 0.2) is 90.0 Å². The first-order chi connectivity index (χ1) is 22.8. The van der Waals surface area contributed by atoms with Gasteiger partial charge in [0, 0.05) is 47.9 Å². The van der Waals surface area contributed by atoms with Gasteiger partial charge in [0.2, 0.25) is 0 Å². The highest BCUT2D eigenvalue weighted by Gasteiger charge is 2.23. The minimum atomic E-state index is -0.516. The number of para-hydroxylation sites is 1. The normalized spacial score (nSPS) is 11.3. The minimum Gasteiger partial charge on any atom is -0.494 e. The molecule has 0 radical (unpaired) electrons. The summed E-state index contributed by atoms with van der Waals surface area (Å²) in [6, 6.07) is 22.6. The minimum absolute atomic E-state index is 0.0878. The molecule has 9 heteroatoms. The zero-order valence-electron chi connectivity index (χ0n) is 27.5. The number of hydrogen-bond donors (Lipinski definition) is 3. The van der Waals surface area contributed by atoms with Gasteiger partial charge < -0.3 is 20.5 Å². The third kappa shape index (κ3) is 7.86. The number of nitrogens with one attached hydrogen (secondary N) is 2. The fourth-order valence-electron chi connectivity index (χ4n) is 5.82. The van der Waals surface area contributed by atoms with Crippen LogP contribution in [-0.4, -0.2) is 38.9 Å². The van der Waals surface area contributed by atoms with Crippen molar-refractivity contribution in [1.82, 2.24) is 14.5 Å². The van der Waals surface area contributed by atoms with E-state index in [9.17, 15) is 14.7 Å². The van der Waals surface area contributed by atoms with Gasteiger partial charge in [0.05, 0.1) is 6.61 Å². The lowest BCUT2D eigenvalue weighted by Crippen LogP contribution is -2.30. The second kappa shape index (κ2) is 15.5. The molecule has 3 N–H and O–H groups in total. The highest BCUT2D eigenvalue weighted by molar-refractivity contribution is 6.07. The molecule has 0 aliphatic heterocycles. The zero-order valence-corrected chi connectivity index (χ0v) is 27.5. The van der Waals surface area contributed by atoms with Crippen molar-refractivity contribution < 1.29 is 14.6 Å². The maximum Gasteiger partial charge on any atom is 0.323 e. The number of ether oxygens (including phenoxy) is 1. The predicted molar refractivity (Wildman–Crippen MR) is 188 cm³/mol. The molecule has 244 valence electrons. The highest BCUT2D eigenvalue weighted by Crippen LogP contribution is 2.36. The fraction of sp³-hybridized carbons (Fsp3) is 0.316. The number of carbonyl (C=O) groups is 1. The van der Waals surface area contributed by atoms with E-state index in [1.165, 1.54) is 4.57 Å². The molecule has 0 saturated heterocycles. The summed E-state index contributed by atoms with van der Waals surface area (Å²) in [5.74, 6) is 0.996. The average molecular weight is 634 g/mol. The standard InChI is InChI=1S/C38H43N5O4/c1-25(2)30-16-8-17-31(26(3)4)34(30)41-38(46)42-35-33(32-18-9-20-40-36(32)43(37(35)45)21-11-22-44)27-12-7-15-29(24-27)47-23-10-14-28-13-5-6-19-39-28/h5-9,12-13,15-20,24-26,44H,10-11,14,21-23H2,1-4H3,(H2,41,42,46). The van der Waals surface area contributed by atoms with Gasteiger partial charge >= 0.3 is 6.03 Å². The Kier molecular flexibility index (Phi) is 11.0. The van der Waals surface area contributed by atoms with E-state index in [1.807, 2.05) is 72.8 Å². The smallest absolute Gasteiger partial charge is 0.323 e. The van der Waals surface area contributed by atoms with Crippen LogP contribution in [0.3, 0.4) is 0 Å². The molecule has 3 aromatic heterocycles. The van der Waals surface area contributed by atoms with Gasteiger partial charge in [0.25, 0.3) is 5.56 Å². The molecule has 0 bridgehead atoms. The third-order valence-corrected chi connectivity index (χ3v) is 8.11. The molecule has 3 heterocycles. The zero-order chi connectivity index (χ0) is 33.3. The lowest BCUT2D eigenvalue weighted by atomic mass is 9.93. The van der Waals surface area contributed by atoms with E-state index in [1.54, 1.807) is 12.4 Å². The summed E-state index contributed by atoms with van der Waals surface area (Å²) in [6.07, 6.45) is 5.37. The number of aromatic nitrogens is 3. The van der Waals surface area contributed by atoms with Crippen molar-refractivity contribution in [2.45, 2.75) is 65.3 Å². The Bertz CT molecular complexity index is 1860. The van der Waals surface area contributed by atoms with E-state index >= 15 is 0 Å². The fourth-order valence-corrected chi connectivity index (χ4v) is 5.82. The van der Waals surface area contributed by atoms with Crippen molar-refractivity contribution in [2.24, 2.45) is 0 Å². The van der Waals surface area contributed by atoms with E-state index in [0.29, 0.717) is 40.9 Å². The summed E-state index contributed by atoms with van der Waals surface area (Å²) in [5, 5.41) is 16.3. The van der Waals surface area contributed by atoms with Gasteiger partial charge in [-0.3, -0.25) is 14.3 Å². The van der Waals surface area contributed by atoms with Crippen molar-refractivity contribution in [2.75, 3.05) is 23.8 Å². The van der Waals surface area contributed by atoms with Crippen LogP contribution in [0.5, 0.6) is 5.75 Å². The first-order valence-electron chi connectivity index (χ1n) is 16.2. The molecule has 9 nitrogen and oxygen atoms in total. The molecule has 47 heavy (non-hydrogen) atoms. The molecule has 0 aliphatic carbocycles. The van der Waals surface area contributed by atoms with Crippen LogP contribution in [0.1, 0.15) is 69.2 Å². The van der Waals surface area contributed by atoms with Crippen LogP contribution in [0, 0.1) is 0 Å². The average Bonchev–Trinajstić information content (AvgIpc) is 3.07. The van der Waals surface area contributed by atoms with Crippen LogP contribution in [0.2, 0.25) is 0 Å².